The van der Waals surface area contributed by atoms with E-state index in [0.717, 1.165) is 12.8 Å². The van der Waals surface area contributed by atoms with Crippen molar-refractivity contribution in [1.82, 2.24) is 0 Å². The van der Waals surface area contributed by atoms with Gasteiger partial charge in [0, 0.05) is 0 Å². The monoisotopic (exact) mass is 158 g/mol. The Kier molecular flexibility index (Phi) is 2.12. The van der Waals surface area contributed by atoms with E-state index in [1.54, 1.807) is 0 Å². The molecule has 4 heteroatoms. The third kappa shape index (κ3) is 1.34. The molecule has 0 unspecified atom stereocenters. The van der Waals surface area contributed by atoms with Crippen molar-refractivity contribution in [3.8, 4) is 0 Å². The topological polar surface area (TPSA) is 63.6 Å². The van der Waals surface area contributed by atoms with Crippen molar-refractivity contribution in [2.75, 3.05) is 0 Å². The predicted octanol–water partition coefficient (Wildman–Crippen LogP) is 0.557. The Morgan fingerprint density at radius 2 is 2.00 bits per heavy atom. The van der Waals surface area contributed by atoms with Crippen LogP contribution in [-0.2, 0) is 14.3 Å². The number of carbonyl (C=O) groups is 2. The molecule has 0 spiro atoms. The minimum Gasteiger partial charge on any atom is -0.478 e. The van der Waals surface area contributed by atoms with Gasteiger partial charge in [-0.15, -0.1) is 0 Å². The molecule has 1 N–H and O–H groups in total. The van der Waals surface area contributed by atoms with Crippen molar-refractivity contribution in [2.45, 2.75) is 31.3 Å². The maximum absolute atomic E-state index is 10.6. The highest BCUT2D eigenvalue weighted by Crippen LogP contribution is 2.32. The molecule has 4 nitrogen and oxygen atoms in total. The molecular weight excluding hydrogens is 148 g/mol. The van der Waals surface area contributed by atoms with Crippen molar-refractivity contribution in [1.29, 1.82) is 0 Å². The number of aliphatic carboxylic acids is 1. The first-order valence-electron chi connectivity index (χ1n) is 3.56. The van der Waals surface area contributed by atoms with Gasteiger partial charge < -0.3 is 9.84 Å². The van der Waals surface area contributed by atoms with E-state index in [1.165, 1.54) is 0 Å². The molecule has 0 aromatic heterocycles. The van der Waals surface area contributed by atoms with Crippen LogP contribution in [0.4, 0.5) is 0 Å². The molecule has 11 heavy (non-hydrogen) atoms. The van der Waals surface area contributed by atoms with Crippen LogP contribution in [0.25, 0.3) is 0 Å². The quantitative estimate of drug-likeness (QED) is 0.609. The first-order chi connectivity index (χ1) is 5.21. The Bertz CT molecular complexity index is 169. The van der Waals surface area contributed by atoms with Gasteiger partial charge in [-0.2, -0.15) is 0 Å². The molecule has 0 saturated heterocycles. The molecule has 1 aliphatic rings. The molecule has 0 heterocycles. The summed E-state index contributed by atoms with van der Waals surface area (Å²) in [5.41, 5.74) is -1.21. The third-order valence-electron chi connectivity index (χ3n) is 2.07. The van der Waals surface area contributed by atoms with Crippen LogP contribution in [0, 0.1) is 0 Å². The number of hydrogen-bond acceptors (Lipinski definition) is 3. The van der Waals surface area contributed by atoms with E-state index in [0.29, 0.717) is 12.8 Å². The minimum atomic E-state index is -1.21. The van der Waals surface area contributed by atoms with Crippen LogP contribution in [0.2, 0.25) is 0 Å². The molecule has 1 saturated carbocycles. The van der Waals surface area contributed by atoms with Crippen molar-refractivity contribution in [3.63, 3.8) is 0 Å². The third-order valence-corrected chi connectivity index (χ3v) is 2.07. The van der Waals surface area contributed by atoms with E-state index in [9.17, 15) is 9.59 Å². The largest absolute Gasteiger partial charge is 0.478 e. The van der Waals surface area contributed by atoms with Gasteiger partial charge in [-0.3, -0.25) is 4.79 Å². The van der Waals surface area contributed by atoms with Crippen molar-refractivity contribution >= 4 is 12.4 Å². The van der Waals surface area contributed by atoms with Crippen LogP contribution in [-0.4, -0.2) is 23.1 Å². The SMILES string of the molecule is O=COC1(C(=O)O)CCCC1. The molecule has 1 rings (SSSR count). The molecule has 0 atom stereocenters. The summed E-state index contributed by atoms with van der Waals surface area (Å²) < 4.78 is 4.57. The lowest BCUT2D eigenvalue weighted by Crippen LogP contribution is -2.38. The van der Waals surface area contributed by atoms with Crippen LogP contribution < -0.4 is 0 Å². The van der Waals surface area contributed by atoms with Crippen LogP contribution >= 0.6 is 0 Å². The fraction of sp³-hybridized carbons (Fsp3) is 0.714. The van der Waals surface area contributed by atoms with Crippen LogP contribution in [0.1, 0.15) is 25.7 Å². The molecule has 0 radical (unpaired) electrons. The fourth-order valence-corrected chi connectivity index (χ4v) is 1.42. The fourth-order valence-electron chi connectivity index (χ4n) is 1.42. The average Bonchev–Trinajstić information content (AvgIpc) is 2.38. The van der Waals surface area contributed by atoms with Crippen LogP contribution in [0.5, 0.6) is 0 Å². The standard InChI is InChI=1S/C7H10O4/c8-5-11-7(6(9)10)3-1-2-4-7/h5H,1-4H2,(H,9,10). The van der Waals surface area contributed by atoms with Gasteiger partial charge in [-0.25, -0.2) is 4.79 Å². The summed E-state index contributed by atoms with van der Waals surface area (Å²) in [6.45, 7) is 0.222. The molecular formula is C7H10O4. The maximum atomic E-state index is 10.6. The van der Waals surface area contributed by atoms with E-state index in [-0.39, 0.29) is 6.47 Å². The predicted molar refractivity (Wildman–Crippen MR) is 36.0 cm³/mol. The van der Waals surface area contributed by atoms with Gasteiger partial charge in [0.25, 0.3) is 6.47 Å². The number of hydrogen-bond donors (Lipinski definition) is 1. The highest BCUT2D eigenvalue weighted by Gasteiger charge is 2.43. The van der Waals surface area contributed by atoms with Gasteiger partial charge in [0.05, 0.1) is 0 Å². The van der Waals surface area contributed by atoms with E-state index < -0.39 is 11.6 Å². The van der Waals surface area contributed by atoms with E-state index in [4.69, 9.17) is 5.11 Å². The molecule has 0 aromatic carbocycles. The summed E-state index contributed by atoms with van der Waals surface area (Å²) in [5, 5.41) is 8.71. The maximum Gasteiger partial charge on any atom is 0.348 e. The zero-order valence-corrected chi connectivity index (χ0v) is 6.08. The highest BCUT2D eigenvalue weighted by molar-refractivity contribution is 5.79. The summed E-state index contributed by atoms with van der Waals surface area (Å²) in [5.74, 6) is -1.03. The van der Waals surface area contributed by atoms with E-state index >= 15 is 0 Å². The van der Waals surface area contributed by atoms with Crippen LogP contribution in [0.3, 0.4) is 0 Å². The van der Waals surface area contributed by atoms with Gasteiger partial charge in [0.2, 0.25) is 5.60 Å². The molecule has 0 bridgehead atoms. The van der Waals surface area contributed by atoms with Gasteiger partial charge in [0.15, 0.2) is 0 Å². The van der Waals surface area contributed by atoms with Gasteiger partial charge in [-0.1, -0.05) is 0 Å². The van der Waals surface area contributed by atoms with Gasteiger partial charge in [-0.05, 0) is 25.7 Å². The Morgan fingerprint density at radius 3 is 2.36 bits per heavy atom. The minimum absolute atomic E-state index is 0.222. The Balaban J connectivity index is 2.69. The second kappa shape index (κ2) is 2.90. The number of rotatable bonds is 3. The summed E-state index contributed by atoms with van der Waals surface area (Å²) >= 11 is 0. The molecule has 1 aliphatic carbocycles. The second-order valence-corrected chi connectivity index (χ2v) is 2.72. The first-order valence-corrected chi connectivity index (χ1v) is 3.56. The lowest BCUT2D eigenvalue weighted by atomic mass is 10.0. The second-order valence-electron chi connectivity index (χ2n) is 2.72. The lowest BCUT2D eigenvalue weighted by molar-refractivity contribution is -0.169. The number of carbonyl (C=O) groups excluding carboxylic acids is 1. The zero-order valence-electron chi connectivity index (χ0n) is 6.08. The van der Waals surface area contributed by atoms with E-state index in [1.807, 2.05) is 0 Å². The normalized spacial score (nSPS) is 21.1. The van der Waals surface area contributed by atoms with Gasteiger partial charge >= 0.3 is 5.97 Å². The lowest BCUT2D eigenvalue weighted by Gasteiger charge is -2.20. The van der Waals surface area contributed by atoms with Gasteiger partial charge in [0.1, 0.15) is 0 Å². The van der Waals surface area contributed by atoms with Crippen molar-refractivity contribution in [3.05, 3.63) is 0 Å². The molecule has 0 amide bonds. The number of carboxylic acid groups (broad SMARTS) is 1. The summed E-state index contributed by atoms with van der Waals surface area (Å²) in [7, 11) is 0. The van der Waals surface area contributed by atoms with Crippen molar-refractivity contribution < 1.29 is 19.4 Å². The van der Waals surface area contributed by atoms with Crippen LogP contribution in [0.15, 0.2) is 0 Å². The summed E-state index contributed by atoms with van der Waals surface area (Å²) in [6, 6.07) is 0. The molecule has 0 aromatic rings. The molecule has 0 aliphatic heterocycles. The summed E-state index contributed by atoms with van der Waals surface area (Å²) in [4.78, 5) is 20.6. The smallest absolute Gasteiger partial charge is 0.348 e. The summed E-state index contributed by atoms with van der Waals surface area (Å²) in [6.07, 6.45) is 2.53. The number of carboxylic acids is 1. The highest BCUT2D eigenvalue weighted by atomic mass is 16.6. The van der Waals surface area contributed by atoms with E-state index in [2.05, 4.69) is 4.74 Å². The number of ether oxygens (including phenoxy) is 1. The Hall–Kier alpha value is -1.06. The Labute approximate surface area is 64.2 Å². The Morgan fingerprint density at radius 1 is 1.45 bits per heavy atom. The average molecular weight is 158 g/mol. The zero-order chi connectivity index (χ0) is 8.32. The molecule has 62 valence electrons. The van der Waals surface area contributed by atoms with Crippen molar-refractivity contribution in [2.24, 2.45) is 0 Å². The molecule has 1 fully saturated rings. The first kappa shape index (κ1) is 8.04.